The van der Waals surface area contributed by atoms with Crippen LogP contribution in [0.2, 0.25) is 0 Å². The lowest BCUT2D eigenvalue weighted by Crippen LogP contribution is -2.24. The first-order chi connectivity index (χ1) is 12.1. The van der Waals surface area contributed by atoms with Gasteiger partial charge in [-0.05, 0) is 24.3 Å². The number of hydrogen-bond acceptors (Lipinski definition) is 5. The molecule has 0 aliphatic heterocycles. The Balaban J connectivity index is 1.58. The quantitative estimate of drug-likeness (QED) is 0.616. The first kappa shape index (κ1) is 15.0. The summed E-state index contributed by atoms with van der Waals surface area (Å²) < 4.78 is 20.2. The van der Waals surface area contributed by atoms with Crippen molar-refractivity contribution in [1.29, 1.82) is 0 Å². The topological polar surface area (TPSA) is 89.5 Å². The van der Waals surface area contributed by atoms with E-state index < -0.39 is 17.2 Å². The summed E-state index contributed by atoms with van der Waals surface area (Å²) in [4.78, 5) is 28.5. The van der Waals surface area contributed by atoms with Gasteiger partial charge in [-0.2, -0.15) is 0 Å². The molecule has 3 heterocycles. The number of carbonyl (C=O) groups is 1. The van der Waals surface area contributed by atoms with Crippen molar-refractivity contribution in [3.63, 3.8) is 0 Å². The number of nitrogens with zero attached hydrogens (tertiary/aromatic N) is 3. The van der Waals surface area contributed by atoms with Gasteiger partial charge in [0, 0.05) is 18.3 Å². The zero-order chi connectivity index (χ0) is 17.4. The van der Waals surface area contributed by atoms with Gasteiger partial charge in [-0.15, -0.1) is 5.10 Å². The molecule has 1 amide bonds. The molecule has 0 saturated carbocycles. The van der Waals surface area contributed by atoms with Gasteiger partial charge >= 0.3 is 0 Å². The molecule has 0 aliphatic carbocycles. The average molecular weight is 338 g/mol. The van der Waals surface area contributed by atoms with E-state index in [2.05, 4.69) is 15.4 Å². The zero-order valence-corrected chi connectivity index (χ0v) is 12.8. The molecule has 0 spiro atoms. The van der Waals surface area contributed by atoms with Crippen molar-refractivity contribution in [1.82, 2.24) is 19.9 Å². The molecule has 0 saturated heterocycles. The highest BCUT2D eigenvalue weighted by atomic mass is 19.1. The molecular weight excluding hydrogens is 327 g/mol. The largest absolute Gasteiger partial charge is 0.451 e. The van der Waals surface area contributed by atoms with Gasteiger partial charge in [-0.1, -0.05) is 6.07 Å². The predicted octanol–water partition coefficient (Wildman–Crippen LogP) is 1.90. The van der Waals surface area contributed by atoms with Crippen molar-refractivity contribution in [2.75, 3.05) is 0 Å². The Morgan fingerprint density at radius 1 is 1.24 bits per heavy atom. The number of pyridine rings is 1. The molecule has 0 unspecified atom stereocenters. The summed E-state index contributed by atoms with van der Waals surface area (Å²) in [7, 11) is 0. The molecule has 3 aromatic heterocycles. The maximum absolute atomic E-state index is 13.3. The van der Waals surface area contributed by atoms with E-state index in [1.807, 2.05) is 12.1 Å². The van der Waals surface area contributed by atoms with Crippen LogP contribution in [0.4, 0.5) is 4.39 Å². The van der Waals surface area contributed by atoms with Crippen LogP contribution in [0.15, 0.2) is 57.9 Å². The van der Waals surface area contributed by atoms with E-state index in [4.69, 9.17) is 4.42 Å². The normalized spacial score (nSPS) is 11.1. The van der Waals surface area contributed by atoms with Crippen molar-refractivity contribution < 1.29 is 13.6 Å². The third-order valence-electron chi connectivity index (χ3n) is 3.61. The summed E-state index contributed by atoms with van der Waals surface area (Å²) in [5.41, 5.74) is 0.250. The van der Waals surface area contributed by atoms with Gasteiger partial charge in [0.1, 0.15) is 11.4 Å². The van der Waals surface area contributed by atoms with Crippen molar-refractivity contribution >= 4 is 22.5 Å². The number of amides is 1. The van der Waals surface area contributed by atoms with Crippen LogP contribution in [0.1, 0.15) is 16.4 Å². The SMILES string of the molecule is O=C(NCc1nc2ccccn2n1)c1cc(=O)c2ccc(F)cc2o1. The molecule has 25 heavy (non-hydrogen) atoms. The zero-order valence-electron chi connectivity index (χ0n) is 12.8. The summed E-state index contributed by atoms with van der Waals surface area (Å²) in [5.74, 6) is -0.954. The Hall–Kier alpha value is -3.55. The monoisotopic (exact) mass is 338 g/mol. The Morgan fingerprint density at radius 2 is 2.12 bits per heavy atom. The minimum atomic E-state index is -0.609. The summed E-state index contributed by atoms with van der Waals surface area (Å²) in [6.45, 7) is 0.0609. The van der Waals surface area contributed by atoms with E-state index in [1.54, 1.807) is 16.8 Å². The number of nitrogens with one attached hydrogen (secondary N) is 1. The van der Waals surface area contributed by atoms with Crippen molar-refractivity contribution in [3.05, 3.63) is 76.3 Å². The fourth-order valence-corrected chi connectivity index (χ4v) is 2.44. The van der Waals surface area contributed by atoms with Crippen LogP contribution < -0.4 is 10.7 Å². The Bertz CT molecular complexity index is 1130. The number of aromatic nitrogens is 3. The third kappa shape index (κ3) is 2.85. The Labute approximate surface area is 139 Å². The summed E-state index contributed by atoms with van der Waals surface area (Å²) in [6.07, 6.45) is 1.74. The van der Waals surface area contributed by atoms with Crippen LogP contribution in [-0.4, -0.2) is 20.5 Å². The molecule has 4 rings (SSSR count). The molecule has 1 aromatic carbocycles. The van der Waals surface area contributed by atoms with E-state index in [0.717, 1.165) is 18.2 Å². The van der Waals surface area contributed by atoms with E-state index in [9.17, 15) is 14.0 Å². The van der Waals surface area contributed by atoms with Gasteiger partial charge in [-0.3, -0.25) is 9.59 Å². The van der Waals surface area contributed by atoms with Crippen LogP contribution in [0, 0.1) is 5.82 Å². The van der Waals surface area contributed by atoms with Crippen LogP contribution in [0.5, 0.6) is 0 Å². The minimum Gasteiger partial charge on any atom is -0.451 e. The van der Waals surface area contributed by atoms with Gasteiger partial charge in [0.15, 0.2) is 22.7 Å². The molecule has 0 radical (unpaired) electrons. The first-order valence-electron chi connectivity index (χ1n) is 7.42. The standard InChI is InChI=1S/C17H11FN4O3/c18-10-4-5-11-12(23)8-14(25-13(11)7-10)17(24)19-9-15-20-16-3-1-2-6-22(16)21-15/h1-8H,9H2,(H,19,24). The van der Waals surface area contributed by atoms with Gasteiger partial charge < -0.3 is 9.73 Å². The van der Waals surface area contributed by atoms with Crippen molar-refractivity contribution in [2.24, 2.45) is 0 Å². The van der Waals surface area contributed by atoms with Crippen LogP contribution >= 0.6 is 0 Å². The number of benzene rings is 1. The van der Waals surface area contributed by atoms with Crippen LogP contribution in [-0.2, 0) is 6.54 Å². The lowest BCUT2D eigenvalue weighted by atomic mass is 10.2. The summed E-state index contributed by atoms with van der Waals surface area (Å²) in [5, 5.41) is 6.99. The molecule has 4 aromatic rings. The van der Waals surface area contributed by atoms with Crippen LogP contribution in [0.3, 0.4) is 0 Å². The molecule has 8 heteroatoms. The first-order valence-corrected chi connectivity index (χ1v) is 7.42. The Morgan fingerprint density at radius 3 is 2.96 bits per heavy atom. The molecule has 0 atom stereocenters. The maximum atomic E-state index is 13.3. The lowest BCUT2D eigenvalue weighted by Gasteiger charge is -2.03. The molecular formula is C17H11FN4O3. The third-order valence-corrected chi connectivity index (χ3v) is 3.61. The van der Waals surface area contributed by atoms with Gasteiger partial charge in [0.05, 0.1) is 11.9 Å². The second kappa shape index (κ2) is 5.82. The van der Waals surface area contributed by atoms with E-state index in [0.29, 0.717) is 11.5 Å². The van der Waals surface area contributed by atoms with E-state index >= 15 is 0 Å². The number of hydrogen-bond donors (Lipinski definition) is 1. The van der Waals surface area contributed by atoms with Crippen molar-refractivity contribution in [2.45, 2.75) is 6.54 Å². The smallest absolute Gasteiger partial charge is 0.287 e. The summed E-state index contributed by atoms with van der Waals surface area (Å²) >= 11 is 0. The fourth-order valence-electron chi connectivity index (χ4n) is 2.44. The Kier molecular flexibility index (Phi) is 3.50. The average Bonchev–Trinajstić information content (AvgIpc) is 3.02. The molecule has 0 bridgehead atoms. The van der Waals surface area contributed by atoms with Crippen LogP contribution in [0.25, 0.3) is 16.6 Å². The summed E-state index contributed by atoms with van der Waals surface area (Å²) in [6, 6.07) is 10.0. The molecule has 7 nitrogen and oxygen atoms in total. The molecule has 1 N–H and O–H groups in total. The van der Waals surface area contributed by atoms with Gasteiger partial charge in [0.2, 0.25) is 0 Å². The second-order valence-corrected chi connectivity index (χ2v) is 5.33. The maximum Gasteiger partial charge on any atom is 0.287 e. The lowest BCUT2D eigenvalue weighted by molar-refractivity contribution is 0.0922. The van der Waals surface area contributed by atoms with E-state index in [-0.39, 0.29) is 23.3 Å². The van der Waals surface area contributed by atoms with Gasteiger partial charge in [-0.25, -0.2) is 13.9 Å². The highest BCUT2D eigenvalue weighted by molar-refractivity contribution is 5.93. The van der Waals surface area contributed by atoms with E-state index in [1.165, 1.54) is 6.07 Å². The van der Waals surface area contributed by atoms with Gasteiger partial charge in [0.25, 0.3) is 5.91 Å². The number of fused-ring (bicyclic) bond motifs is 2. The highest BCUT2D eigenvalue weighted by Crippen LogP contribution is 2.14. The second-order valence-electron chi connectivity index (χ2n) is 5.33. The molecule has 0 aliphatic rings. The number of halogens is 1. The van der Waals surface area contributed by atoms with Crippen molar-refractivity contribution in [3.8, 4) is 0 Å². The molecule has 124 valence electrons. The predicted molar refractivity (Wildman–Crippen MR) is 86.6 cm³/mol. The number of rotatable bonds is 3. The number of carbonyl (C=O) groups excluding carboxylic acids is 1. The minimum absolute atomic E-state index is 0.0171. The molecule has 0 fully saturated rings. The fraction of sp³-hybridized carbons (Fsp3) is 0.0588. The highest BCUT2D eigenvalue weighted by Gasteiger charge is 2.13.